The van der Waals surface area contributed by atoms with Crippen molar-refractivity contribution in [2.75, 3.05) is 39.2 Å². The van der Waals surface area contributed by atoms with Crippen LogP contribution in [0.5, 0.6) is 11.5 Å². The van der Waals surface area contributed by atoms with Gasteiger partial charge in [0, 0.05) is 12.2 Å². The molecule has 27 heavy (non-hydrogen) atoms. The van der Waals surface area contributed by atoms with E-state index in [2.05, 4.69) is 25.2 Å². The summed E-state index contributed by atoms with van der Waals surface area (Å²) in [6.45, 7) is 7.70. The standard InChI is InChI=1S/C22H30N2O3/c1-16(2)18-10-8-9-17(3)22(18)23-21(25)15-24(4)13-14-27-20-12-7-6-11-19(20)26-5/h6-12,16H,13-15H2,1-5H3,(H,23,25). The molecule has 0 bridgehead atoms. The number of nitrogens with one attached hydrogen (secondary N) is 1. The first-order chi connectivity index (χ1) is 12.9. The predicted octanol–water partition coefficient (Wildman–Crippen LogP) is 4.08. The second-order valence-electron chi connectivity index (χ2n) is 6.98. The van der Waals surface area contributed by atoms with Crippen LogP contribution in [-0.2, 0) is 4.79 Å². The van der Waals surface area contributed by atoms with E-state index in [1.807, 2.05) is 55.3 Å². The molecule has 1 N–H and O–H groups in total. The molecule has 0 atom stereocenters. The average molecular weight is 370 g/mol. The van der Waals surface area contributed by atoms with Crippen molar-refractivity contribution >= 4 is 11.6 Å². The molecule has 0 heterocycles. The molecule has 5 nitrogen and oxygen atoms in total. The minimum atomic E-state index is -0.0222. The fraction of sp³-hybridized carbons (Fsp3) is 0.409. The highest BCUT2D eigenvalue weighted by molar-refractivity contribution is 5.93. The molecule has 0 aliphatic rings. The average Bonchev–Trinajstić information content (AvgIpc) is 2.63. The Kier molecular flexibility index (Phi) is 7.67. The van der Waals surface area contributed by atoms with Crippen molar-refractivity contribution in [2.24, 2.45) is 0 Å². The normalized spacial score (nSPS) is 10.9. The van der Waals surface area contributed by atoms with Crippen LogP contribution in [0.1, 0.15) is 30.9 Å². The maximum atomic E-state index is 12.5. The van der Waals surface area contributed by atoms with Crippen LogP contribution in [0.4, 0.5) is 5.69 Å². The van der Waals surface area contributed by atoms with Gasteiger partial charge in [-0.2, -0.15) is 0 Å². The fourth-order valence-corrected chi connectivity index (χ4v) is 2.89. The van der Waals surface area contributed by atoms with Gasteiger partial charge in [0.25, 0.3) is 0 Å². The van der Waals surface area contributed by atoms with Crippen molar-refractivity contribution in [3.63, 3.8) is 0 Å². The highest BCUT2D eigenvalue weighted by Crippen LogP contribution is 2.27. The van der Waals surface area contributed by atoms with Crippen molar-refractivity contribution in [3.05, 3.63) is 53.6 Å². The van der Waals surface area contributed by atoms with Crippen LogP contribution in [0.3, 0.4) is 0 Å². The number of hydrogen-bond acceptors (Lipinski definition) is 4. The van der Waals surface area contributed by atoms with Gasteiger partial charge in [-0.15, -0.1) is 0 Å². The molecule has 146 valence electrons. The summed E-state index contributed by atoms with van der Waals surface area (Å²) in [5.74, 6) is 1.75. The van der Waals surface area contributed by atoms with E-state index in [1.54, 1.807) is 7.11 Å². The number of para-hydroxylation sites is 3. The molecule has 0 unspecified atom stereocenters. The number of ether oxygens (including phenoxy) is 2. The number of amides is 1. The van der Waals surface area contributed by atoms with Crippen LogP contribution in [0.2, 0.25) is 0 Å². The summed E-state index contributed by atoms with van der Waals surface area (Å²) in [5, 5.41) is 3.08. The van der Waals surface area contributed by atoms with E-state index >= 15 is 0 Å². The van der Waals surface area contributed by atoms with Gasteiger partial charge < -0.3 is 14.8 Å². The number of likely N-dealkylation sites (N-methyl/N-ethyl adjacent to an activating group) is 1. The second-order valence-corrected chi connectivity index (χ2v) is 6.98. The number of aryl methyl sites for hydroxylation is 1. The van der Waals surface area contributed by atoms with Crippen molar-refractivity contribution in [3.8, 4) is 11.5 Å². The molecule has 0 aliphatic heterocycles. The SMILES string of the molecule is COc1ccccc1OCCN(C)CC(=O)Nc1c(C)cccc1C(C)C. The molecule has 0 radical (unpaired) electrons. The van der Waals surface area contributed by atoms with Crippen molar-refractivity contribution in [2.45, 2.75) is 26.7 Å². The molecule has 0 saturated carbocycles. The van der Waals surface area contributed by atoms with E-state index < -0.39 is 0 Å². The lowest BCUT2D eigenvalue weighted by molar-refractivity contribution is -0.117. The first kappa shape index (κ1) is 20.8. The van der Waals surface area contributed by atoms with Gasteiger partial charge in [0.05, 0.1) is 13.7 Å². The molecule has 2 aromatic carbocycles. The van der Waals surface area contributed by atoms with Crippen LogP contribution >= 0.6 is 0 Å². The number of anilines is 1. The number of rotatable bonds is 9. The molecule has 2 aromatic rings. The van der Waals surface area contributed by atoms with Gasteiger partial charge in [0.15, 0.2) is 11.5 Å². The van der Waals surface area contributed by atoms with Gasteiger partial charge in [-0.05, 0) is 43.1 Å². The number of nitrogens with zero attached hydrogens (tertiary/aromatic N) is 1. The number of benzene rings is 2. The topological polar surface area (TPSA) is 50.8 Å². The lowest BCUT2D eigenvalue weighted by Crippen LogP contribution is -2.33. The maximum Gasteiger partial charge on any atom is 0.238 e. The molecule has 2 rings (SSSR count). The predicted molar refractivity (Wildman–Crippen MR) is 110 cm³/mol. The largest absolute Gasteiger partial charge is 0.493 e. The number of hydrogen-bond donors (Lipinski definition) is 1. The number of carbonyl (C=O) groups is 1. The van der Waals surface area contributed by atoms with Crippen molar-refractivity contribution in [1.82, 2.24) is 4.90 Å². The third-order valence-electron chi connectivity index (χ3n) is 4.40. The van der Waals surface area contributed by atoms with E-state index in [0.717, 1.165) is 16.8 Å². The Morgan fingerprint density at radius 1 is 1.11 bits per heavy atom. The fourth-order valence-electron chi connectivity index (χ4n) is 2.89. The number of carbonyl (C=O) groups excluding carboxylic acids is 1. The monoisotopic (exact) mass is 370 g/mol. The van der Waals surface area contributed by atoms with Gasteiger partial charge >= 0.3 is 0 Å². The lowest BCUT2D eigenvalue weighted by atomic mass is 9.98. The molecule has 0 spiro atoms. The summed E-state index contributed by atoms with van der Waals surface area (Å²) in [7, 11) is 3.53. The van der Waals surface area contributed by atoms with Crippen LogP contribution < -0.4 is 14.8 Å². The van der Waals surface area contributed by atoms with Crippen LogP contribution in [0.15, 0.2) is 42.5 Å². The molecule has 5 heteroatoms. The van der Waals surface area contributed by atoms with E-state index in [4.69, 9.17) is 9.47 Å². The highest BCUT2D eigenvalue weighted by Gasteiger charge is 2.13. The van der Waals surface area contributed by atoms with Crippen LogP contribution in [0, 0.1) is 6.92 Å². The molecule has 0 fully saturated rings. The van der Waals surface area contributed by atoms with Crippen LogP contribution in [0.25, 0.3) is 0 Å². The highest BCUT2D eigenvalue weighted by atomic mass is 16.5. The smallest absolute Gasteiger partial charge is 0.238 e. The molecule has 0 aromatic heterocycles. The summed E-state index contributed by atoms with van der Waals surface area (Å²) in [6, 6.07) is 13.7. The zero-order valence-electron chi connectivity index (χ0n) is 16.9. The van der Waals surface area contributed by atoms with E-state index in [-0.39, 0.29) is 5.91 Å². The molecule has 1 amide bonds. The lowest BCUT2D eigenvalue weighted by Gasteiger charge is -2.20. The minimum absolute atomic E-state index is 0.0222. The van der Waals surface area contributed by atoms with Gasteiger partial charge in [0.2, 0.25) is 5.91 Å². The summed E-state index contributed by atoms with van der Waals surface area (Å²) >= 11 is 0. The zero-order chi connectivity index (χ0) is 19.8. The zero-order valence-corrected chi connectivity index (χ0v) is 16.9. The van der Waals surface area contributed by atoms with Gasteiger partial charge in [0.1, 0.15) is 6.61 Å². The summed E-state index contributed by atoms with van der Waals surface area (Å²) in [5.41, 5.74) is 3.17. The first-order valence-corrected chi connectivity index (χ1v) is 9.26. The Morgan fingerprint density at radius 3 is 2.48 bits per heavy atom. The summed E-state index contributed by atoms with van der Waals surface area (Å²) < 4.78 is 11.0. The third-order valence-corrected chi connectivity index (χ3v) is 4.40. The molecular weight excluding hydrogens is 340 g/mol. The Labute approximate surface area is 162 Å². The van der Waals surface area contributed by atoms with Gasteiger partial charge in [-0.3, -0.25) is 9.69 Å². The van der Waals surface area contributed by atoms with Crippen LogP contribution in [-0.4, -0.2) is 44.7 Å². The third kappa shape index (κ3) is 6.00. The molecule has 0 aliphatic carbocycles. The quantitative estimate of drug-likeness (QED) is 0.723. The Hall–Kier alpha value is -2.53. The number of methoxy groups -OCH3 is 1. The Bertz CT molecular complexity index is 759. The van der Waals surface area contributed by atoms with Crippen molar-refractivity contribution in [1.29, 1.82) is 0 Å². The van der Waals surface area contributed by atoms with E-state index in [0.29, 0.717) is 37.1 Å². The van der Waals surface area contributed by atoms with Gasteiger partial charge in [-0.25, -0.2) is 0 Å². The maximum absolute atomic E-state index is 12.5. The van der Waals surface area contributed by atoms with E-state index in [9.17, 15) is 4.79 Å². The minimum Gasteiger partial charge on any atom is -0.493 e. The molecular formula is C22H30N2O3. The van der Waals surface area contributed by atoms with Crippen molar-refractivity contribution < 1.29 is 14.3 Å². The Morgan fingerprint density at radius 2 is 1.81 bits per heavy atom. The second kappa shape index (κ2) is 9.97. The summed E-state index contributed by atoms with van der Waals surface area (Å²) in [6.07, 6.45) is 0. The first-order valence-electron chi connectivity index (χ1n) is 9.26. The van der Waals surface area contributed by atoms with E-state index in [1.165, 1.54) is 0 Å². The van der Waals surface area contributed by atoms with Gasteiger partial charge in [-0.1, -0.05) is 44.2 Å². The molecule has 0 saturated heterocycles. The Balaban J connectivity index is 1.86. The summed E-state index contributed by atoms with van der Waals surface area (Å²) in [4.78, 5) is 14.4.